The molecule has 52 valence electrons. The molecule has 0 spiro atoms. The Morgan fingerprint density at radius 1 is 1.67 bits per heavy atom. The summed E-state index contributed by atoms with van der Waals surface area (Å²) in [6.07, 6.45) is 6.24. The second-order valence-electron chi connectivity index (χ2n) is 2.19. The van der Waals surface area contributed by atoms with Crippen molar-refractivity contribution in [3.63, 3.8) is 0 Å². The maximum atomic E-state index is 3.80. The van der Waals surface area contributed by atoms with Crippen molar-refractivity contribution in [3.8, 4) is 0 Å². The normalized spacial score (nSPS) is 10.0. The molecule has 1 heteroatoms. The summed E-state index contributed by atoms with van der Waals surface area (Å²) in [5.41, 5.74) is 1.25. The maximum Gasteiger partial charge on any atom is 0.00276 e. The zero-order valence-corrected chi connectivity index (χ0v) is 6.28. The van der Waals surface area contributed by atoms with Crippen LogP contribution in [0.5, 0.6) is 0 Å². The molecule has 0 aromatic rings. The minimum absolute atomic E-state index is 1.09. The summed E-state index contributed by atoms with van der Waals surface area (Å²) in [6, 6.07) is 0. The van der Waals surface area contributed by atoms with Crippen LogP contribution in [0.15, 0.2) is 24.4 Å². The Morgan fingerprint density at radius 2 is 2.33 bits per heavy atom. The summed E-state index contributed by atoms with van der Waals surface area (Å²) in [4.78, 5) is 0. The molecule has 1 N–H and O–H groups in total. The highest BCUT2D eigenvalue weighted by Gasteiger charge is 1.80. The quantitative estimate of drug-likeness (QED) is 0.567. The number of hydrogen-bond acceptors (Lipinski definition) is 1. The van der Waals surface area contributed by atoms with E-state index in [1.807, 2.05) is 20.2 Å². The molecular weight excluding hydrogens is 110 g/mol. The van der Waals surface area contributed by atoms with Gasteiger partial charge in [-0.3, -0.25) is 0 Å². The van der Waals surface area contributed by atoms with Crippen LogP contribution in [0.25, 0.3) is 0 Å². The molecule has 0 aromatic heterocycles. The summed E-state index contributed by atoms with van der Waals surface area (Å²) < 4.78 is 0. The Hall–Kier alpha value is -0.720. The van der Waals surface area contributed by atoms with E-state index in [9.17, 15) is 0 Å². The van der Waals surface area contributed by atoms with Crippen molar-refractivity contribution < 1.29 is 0 Å². The third-order valence-corrected chi connectivity index (χ3v) is 1.02. The summed E-state index contributed by atoms with van der Waals surface area (Å²) >= 11 is 0. The minimum Gasteiger partial charge on any atom is -0.394 e. The van der Waals surface area contributed by atoms with Gasteiger partial charge in [-0.1, -0.05) is 11.6 Å². The SMILES string of the molecule is C=C(C)CC/C=C\NC. The fourth-order valence-electron chi connectivity index (χ4n) is 0.531. The van der Waals surface area contributed by atoms with Crippen molar-refractivity contribution in [2.45, 2.75) is 19.8 Å². The predicted molar refractivity (Wildman–Crippen MR) is 42.2 cm³/mol. The van der Waals surface area contributed by atoms with Gasteiger partial charge in [0.25, 0.3) is 0 Å². The van der Waals surface area contributed by atoms with E-state index in [2.05, 4.69) is 18.0 Å². The topological polar surface area (TPSA) is 12.0 Å². The highest BCUT2D eigenvalue weighted by molar-refractivity contribution is 4.91. The molecule has 0 radical (unpaired) electrons. The molecule has 1 nitrogen and oxygen atoms in total. The molecule has 0 aromatic carbocycles. The summed E-state index contributed by atoms with van der Waals surface area (Å²) in [7, 11) is 1.90. The average molecular weight is 125 g/mol. The van der Waals surface area contributed by atoms with Gasteiger partial charge in [-0.05, 0) is 26.0 Å². The molecule has 0 saturated heterocycles. The summed E-state index contributed by atoms with van der Waals surface area (Å²) in [6.45, 7) is 5.85. The van der Waals surface area contributed by atoms with Crippen LogP contribution >= 0.6 is 0 Å². The van der Waals surface area contributed by atoms with Crippen molar-refractivity contribution in [3.05, 3.63) is 24.4 Å². The summed E-state index contributed by atoms with van der Waals surface area (Å²) in [5.74, 6) is 0. The predicted octanol–water partition coefficient (Wildman–Crippen LogP) is 2.08. The van der Waals surface area contributed by atoms with Gasteiger partial charge in [-0.15, -0.1) is 6.58 Å². The lowest BCUT2D eigenvalue weighted by Crippen LogP contribution is -1.90. The number of nitrogens with one attached hydrogen (secondary N) is 1. The lowest BCUT2D eigenvalue weighted by Gasteiger charge is -1.91. The van der Waals surface area contributed by atoms with Crippen molar-refractivity contribution in [2.75, 3.05) is 7.05 Å². The van der Waals surface area contributed by atoms with Crippen LogP contribution in [0.4, 0.5) is 0 Å². The monoisotopic (exact) mass is 125 g/mol. The maximum absolute atomic E-state index is 3.80. The fourth-order valence-corrected chi connectivity index (χ4v) is 0.531. The number of allylic oxidation sites excluding steroid dienone is 2. The molecule has 0 fully saturated rings. The van der Waals surface area contributed by atoms with Crippen LogP contribution < -0.4 is 5.32 Å². The Labute approximate surface area is 57.5 Å². The van der Waals surface area contributed by atoms with Crippen LogP contribution in [0, 0.1) is 0 Å². The molecule has 0 bridgehead atoms. The van der Waals surface area contributed by atoms with Gasteiger partial charge in [0.15, 0.2) is 0 Å². The average Bonchev–Trinajstić information content (AvgIpc) is 1.80. The first-order valence-corrected chi connectivity index (χ1v) is 3.24. The smallest absolute Gasteiger partial charge is 0.00276 e. The zero-order chi connectivity index (χ0) is 7.11. The fraction of sp³-hybridized carbons (Fsp3) is 0.500. The Bertz CT molecular complexity index is 103. The first-order valence-electron chi connectivity index (χ1n) is 3.24. The Morgan fingerprint density at radius 3 is 2.78 bits per heavy atom. The number of rotatable bonds is 4. The zero-order valence-electron chi connectivity index (χ0n) is 6.28. The third-order valence-electron chi connectivity index (χ3n) is 1.02. The Balaban J connectivity index is 3.09. The lowest BCUT2D eigenvalue weighted by atomic mass is 10.2. The van der Waals surface area contributed by atoms with E-state index in [0.717, 1.165) is 12.8 Å². The third kappa shape index (κ3) is 7.28. The van der Waals surface area contributed by atoms with Gasteiger partial charge in [0.1, 0.15) is 0 Å². The van der Waals surface area contributed by atoms with Gasteiger partial charge in [0.2, 0.25) is 0 Å². The molecule has 0 rings (SSSR count). The van der Waals surface area contributed by atoms with E-state index in [1.54, 1.807) is 0 Å². The first kappa shape index (κ1) is 8.28. The van der Waals surface area contributed by atoms with Gasteiger partial charge < -0.3 is 5.32 Å². The van der Waals surface area contributed by atoms with E-state index in [4.69, 9.17) is 0 Å². The molecule has 0 aliphatic heterocycles. The lowest BCUT2D eigenvalue weighted by molar-refractivity contribution is 0.965. The molecule has 0 aliphatic rings. The van der Waals surface area contributed by atoms with Gasteiger partial charge in [0, 0.05) is 7.05 Å². The van der Waals surface area contributed by atoms with Crippen LogP contribution in [-0.4, -0.2) is 7.05 Å². The molecule has 0 unspecified atom stereocenters. The highest BCUT2D eigenvalue weighted by Crippen LogP contribution is 1.99. The molecule has 0 aliphatic carbocycles. The van der Waals surface area contributed by atoms with Gasteiger partial charge in [-0.25, -0.2) is 0 Å². The molecule has 0 atom stereocenters. The van der Waals surface area contributed by atoms with E-state index >= 15 is 0 Å². The molecule has 9 heavy (non-hydrogen) atoms. The van der Waals surface area contributed by atoms with E-state index in [-0.39, 0.29) is 0 Å². The Kier molecular flexibility index (Phi) is 4.98. The van der Waals surface area contributed by atoms with Crippen molar-refractivity contribution in [1.82, 2.24) is 5.32 Å². The van der Waals surface area contributed by atoms with E-state index < -0.39 is 0 Å². The van der Waals surface area contributed by atoms with Crippen LogP contribution in [0.3, 0.4) is 0 Å². The highest BCUT2D eigenvalue weighted by atomic mass is 14.8. The van der Waals surface area contributed by atoms with E-state index in [0.29, 0.717) is 0 Å². The first-order chi connectivity index (χ1) is 4.27. The second kappa shape index (κ2) is 5.42. The minimum atomic E-state index is 1.09. The van der Waals surface area contributed by atoms with Crippen LogP contribution in [0.1, 0.15) is 19.8 Å². The van der Waals surface area contributed by atoms with Gasteiger partial charge in [-0.2, -0.15) is 0 Å². The molecule has 0 amide bonds. The van der Waals surface area contributed by atoms with Crippen molar-refractivity contribution in [1.29, 1.82) is 0 Å². The van der Waals surface area contributed by atoms with Crippen LogP contribution in [0.2, 0.25) is 0 Å². The molecule has 0 saturated carbocycles. The number of hydrogen-bond donors (Lipinski definition) is 1. The largest absolute Gasteiger partial charge is 0.394 e. The standard InChI is InChI=1S/C8H15N/c1-8(2)6-4-5-7-9-3/h5,7,9H,1,4,6H2,2-3H3/b7-5-. The van der Waals surface area contributed by atoms with Crippen molar-refractivity contribution >= 4 is 0 Å². The van der Waals surface area contributed by atoms with Crippen LogP contribution in [-0.2, 0) is 0 Å². The summed E-state index contributed by atoms with van der Waals surface area (Å²) in [5, 5.41) is 2.93. The van der Waals surface area contributed by atoms with Gasteiger partial charge in [0.05, 0.1) is 0 Å². The van der Waals surface area contributed by atoms with E-state index in [1.165, 1.54) is 5.57 Å². The second-order valence-corrected chi connectivity index (χ2v) is 2.19. The van der Waals surface area contributed by atoms with Gasteiger partial charge >= 0.3 is 0 Å². The molecule has 0 heterocycles. The van der Waals surface area contributed by atoms with Crippen molar-refractivity contribution in [2.24, 2.45) is 0 Å². The molecular formula is C8H15N.